The molecule has 180 valence electrons. The number of aromatic amines is 1. The highest BCUT2D eigenvalue weighted by Crippen LogP contribution is 2.23. The third-order valence-corrected chi connectivity index (χ3v) is 6.91. The molecule has 0 atom stereocenters. The molecule has 1 amide bonds. The topological polar surface area (TPSA) is 74.2 Å². The van der Waals surface area contributed by atoms with Gasteiger partial charge in [-0.05, 0) is 61.5 Å². The Balaban J connectivity index is 1.33. The number of amides is 1. The summed E-state index contributed by atoms with van der Waals surface area (Å²) in [6.45, 7) is 4.23. The predicted molar refractivity (Wildman–Crippen MR) is 132 cm³/mol. The molecule has 1 fully saturated rings. The molecule has 3 heterocycles. The van der Waals surface area contributed by atoms with E-state index >= 15 is 0 Å². The average Bonchev–Trinajstić information content (AvgIpc) is 3.24. The zero-order chi connectivity index (χ0) is 24.5. The van der Waals surface area contributed by atoms with Crippen LogP contribution in [0.4, 0.5) is 14.5 Å². The van der Waals surface area contributed by atoms with Crippen LogP contribution in [0.5, 0.6) is 0 Å². The number of piperazine rings is 1. The van der Waals surface area contributed by atoms with Crippen LogP contribution in [-0.2, 0) is 4.79 Å². The Bertz CT molecular complexity index is 1430. The van der Waals surface area contributed by atoms with Crippen molar-refractivity contribution >= 4 is 34.4 Å². The van der Waals surface area contributed by atoms with Crippen molar-refractivity contribution in [2.45, 2.75) is 12.1 Å². The number of nitrogens with zero attached hydrogens (tertiary/aromatic N) is 4. The molecule has 5 rings (SSSR count). The highest BCUT2D eigenvalue weighted by molar-refractivity contribution is 7.99. The van der Waals surface area contributed by atoms with Crippen LogP contribution in [-0.4, -0.2) is 57.3 Å². The number of thioether (sulfide) groups is 1. The van der Waals surface area contributed by atoms with Gasteiger partial charge in [-0.15, -0.1) is 0 Å². The molecule has 0 spiro atoms. The van der Waals surface area contributed by atoms with Crippen molar-refractivity contribution < 1.29 is 13.6 Å². The zero-order valence-corrected chi connectivity index (χ0v) is 19.8. The molecule has 2 aromatic carbocycles. The molecule has 1 aliphatic heterocycles. The molecule has 10 heteroatoms. The molecule has 1 saturated heterocycles. The van der Waals surface area contributed by atoms with E-state index in [-0.39, 0.29) is 23.0 Å². The number of rotatable bonds is 5. The molecule has 0 bridgehead atoms. The first kappa shape index (κ1) is 23.1. The fraction of sp³-hybridized carbons (Fsp3) is 0.240. The Hall–Kier alpha value is -3.66. The number of benzene rings is 2. The number of aromatic nitrogens is 3. The Morgan fingerprint density at radius 2 is 1.57 bits per heavy atom. The number of carbonyl (C=O) groups is 1. The van der Waals surface area contributed by atoms with Crippen molar-refractivity contribution in [3.63, 3.8) is 0 Å². The summed E-state index contributed by atoms with van der Waals surface area (Å²) in [5.74, 6) is -0.631. The van der Waals surface area contributed by atoms with Crippen LogP contribution in [0, 0.1) is 18.6 Å². The van der Waals surface area contributed by atoms with Crippen LogP contribution in [0.2, 0.25) is 0 Å². The molecule has 0 radical (unpaired) electrons. The Labute approximate surface area is 204 Å². The van der Waals surface area contributed by atoms with Crippen LogP contribution in [0.3, 0.4) is 0 Å². The smallest absolute Gasteiger partial charge is 0.283 e. The summed E-state index contributed by atoms with van der Waals surface area (Å²) in [5.41, 5.74) is 2.77. The summed E-state index contributed by atoms with van der Waals surface area (Å²) < 4.78 is 28.1. The molecule has 0 aliphatic carbocycles. The van der Waals surface area contributed by atoms with Crippen LogP contribution < -0.4 is 10.5 Å². The minimum absolute atomic E-state index is 0.0565. The molecule has 0 saturated carbocycles. The maximum Gasteiger partial charge on any atom is 0.283 e. The third kappa shape index (κ3) is 4.79. The van der Waals surface area contributed by atoms with Crippen LogP contribution in [0.15, 0.2) is 64.5 Å². The van der Waals surface area contributed by atoms with E-state index < -0.39 is 5.82 Å². The Kier molecular flexibility index (Phi) is 6.29. The van der Waals surface area contributed by atoms with Crippen molar-refractivity contribution in [3.05, 3.63) is 82.3 Å². The summed E-state index contributed by atoms with van der Waals surface area (Å²) >= 11 is 1.18. The molecule has 7 nitrogen and oxygen atoms in total. The molecule has 0 unspecified atom stereocenters. The monoisotopic (exact) mass is 495 g/mol. The maximum atomic E-state index is 13.5. The second kappa shape index (κ2) is 9.53. The minimum Gasteiger partial charge on any atom is -0.368 e. The van der Waals surface area contributed by atoms with E-state index in [1.807, 2.05) is 6.92 Å². The van der Waals surface area contributed by atoms with E-state index in [1.54, 1.807) is 23.1 Å². The molecule has 2 aromatic heterocycles. The molecular formula is C25H23F2N5O2S. The molecule has 4 aromatic rings. The van der Waals surface area contributed by atoms with Gasteiger partial charge >= 0.3 is 0 Å². The van der Waals surface area contributed by atoms with E-state index in [9.17, 15) is 18.4 Å². The first-order valence-corrected chi connectivity index (χ1v) is 12.2. The standard InChI is InChI=1S/C25H23F2N5O2S/c1-16-14-21-23(28-16)24(34)32(20-8-4-18(27)5-9-20)25(29-21)35-15-22(33)31-12-10-30(11-13-31)19-6-2-17(26)3-7-19/h2-9,14,28H,10-13,15H2,1H3. The third-order valence-electron chi connectivity index (χ3n) is 5.99. The van der Waals surface area contributed by atoms with Crippen molar-refractivity contribution in [1.29, 1.82) is 0 Å². The van der Waals surface area contributed by atoms with Gasteiger partial charge in [0.25, 0.3) is 5.56 Å². The lowest BCUT2D eigenvalue weighted by Gasteiger charge is -2.36. The lowest BCUT2D eigenvalue weighted by molar-refractivity contribution is -0.128. The van der Waals surface area contributed by atoms with Crippen LogP contribution in [0.1, 0.15) is 5.69 Å². The zero-order valence-electron chi connectivity index (χ0n) is 19.0. The van der Waals surface area contributed by atoms with Crippen molar-refractivity contribution in [2.75, 3.05) is 36.8 Å². The van der Waals surface area contributed by atoms with Gasteiger partial charge in [-0.2, -0.15) is 0 Å². The second-order valence-electron chi connectivity index (χ2n) is 8.36. The summed E-state index contributed by atoms with van der Waals surface area (Å²) in [6, 6.07) is 13.7. The van der Waals surface area contributed by atoms with Gasteiger partial charge in [0.05, 0.1) is 17.0 Å². The van der Waals surface area contributed by atoms with Crippen LogP contribution in [0.25, 0.3) is 16.7 Å². The quantitative estimate of drug-likeness (QED) is 0.337. The summed E-state index contributed by atoms with van der Waals surface area (Å²) in [7, 11) is 0. The number of H-pyrrole nitrogens is 1. The van der Waals surface area contributed by atoms with E-state index in [4.69, 9.17) is 0 Å². The number of hydrogen-bond acceptors (Lipinski definition) is 5. The van der Waals surface area contributed by atoms with Gasteiger partial charge in [0, 0.05) is 37.6 Å². The lowest BCUT2D eigenvalue weighted by atomic mass is 10.2. The minimum atomic E-state index is -0.407. The largest absolute Gasteiger partial charge is 0.368 e. The van der Waals surface area contributed by atoms with E-state index in [2.05, 4.69) is 14.9 Å². The second-order valence-corrected chi connectivity index (χ2v) is 9.30. The molecule has 1 N–H and O–H groups in total. The van der Waals surface area contributed by atoms with Gasteiger partial charge in [0.1, 0.15) is 17.2 Å². The van der Waals surface area contributed by atoms with Gasteiger partial charge in [-0.1, -0.05) is 11.8 Å². The highest BCUT2D eigenvalue weighted by Gasteiger charge is 2.23. The number of nitrogens with one attached hydrogen (secondary N) is 1. The van der Waals surface area contributed by atoms with Gasteiger partial charge in [0.15, 0.2) is 5.16 Å². The maximum absolute atomic E-state index is 13.5. The van der Waals surface area contributed by atoms with Crippen molar-refractivity contribution in [2.24, 2.45) is 0 Å². The fourth-order valence-corrected chi connectivity index (χ4v) is 5.09. The van der Waals surface area contributed by atoms with Gasteiger partial charge in [-0.3, -0.25) is 14.2 Å². The summed E-state index contributed by atoms with van der Waals surface area (Å²) in [5, 5.41) is 0.367. The average molecular weight is 496 g/mol. The van der Waals surface area contributed by atoms with Crippen molar-refractivity contribution in [3.8, 4) is 5.69 Å². The Morgan fingerprint density at radius 1 is 0.971 bits per heavy atom. The number of aryl methyl sites for hydroxylation is 1. The van der Waals surface area contributed by atoms with E-state index in [1.165, 1.54) is 52.7 Å². The van der Waals surface area contributed by atoms with Gasteiger partial charge in [0.2, 0.25) is 5.91 Å². The predicted octanol–water partition coefficient (Wildman–Crippen LogP) is 3.74. The first-order chi connectivity index (χ1) is 16.9. The normalized spacial score (nSPS) is 14.0. The number of anilines is 1. The molecule has 1 aliphatic rings. The molecule has 35 heavy (non-hydrogen) atoms. The number of carbonyl (C=O) groups excluding carboxylic acids is 1. The number of hydrogen-bond donors (Lipinski definition) is 1. The first-order valence-electron chi connectivity index (χ1n) is 11.2. The summed E-state index contributed by atoms with van der Waals surface area (Å²) in [4.78, 5) is 37.8. The van der Waals surface area contributed by atoms with Gasteiger partial charge in [-0.25, -0.2) is 13.8 Å². The fourth-order valence-electron chi connectivity index (χ4n) is 4.18. The van der Waals surface area contributed by atoms with E-state index in [0.29, 0.717) is 48.1 Å². The van der Waals surface area contributed by atoms with Crippen LogP contribution >= 0.6 is 11.8 Å². The van der Waals surface area contributed by atoms with Gasteiger partial charge < -0.3 is 14.8 Å². The van der Waals surface area contributed by atoms with E-state index in [0.717, 1.165) is 11.4 Å². The van der Waals surface area contributed by atoms with Crippen molar-refractivity contribution in [1.82, 2.24) is 19.4 Å². The highest BCUT2D eigenvalue weighted by atomic mass is 32.2. The Morgan fingerprint density at radius 3 is 2.20 bits per heavy atom. The number of fused-ring (bicyclic) bond motifs is 1. The molecular weight excluding hydrogens is 472 g/mol. The SMILES string of the molecule is Cc1cc2nc(SCC(=O)N3CCN(c4ccc(F)cc4)CC3)n(-c3ccc(F)cc3)c(=O)c2[nH]1. The number of halogens is 2. The summed E-state index contributed by atoms with van der Waals surface area (Å²) in [6.07, 6.45) is 0. The lowest BCUT2D eigenvalue weighted by Crippen LogP contribution is -2.49.